The Labute approximate surface area is 194 Å². The zero-order valence-electron chi connectivity index (χ0n) is 17.4. The molecule has 9 nitrogen and oxygen atoms in total. The topological polar surface area (TPSA) is 105 Å². The van der Waals surface area contributed by atoms with Crippen LogP contribution >= 0.6 is 23.2 Å². The Balaban J connectivity index is 1.86. The number of amides is 1. The van der Waals surface area contributed by atoms with E-state index in [1.807, 2.05) is 11.9 Å². The number of halogens is 3. The number of hydrogen-bond acceptors (Lipinski definition) is 6. The normalized spacial score (nSPS) is 16.0. The third-order valence-electron chi connectivity index (χ3n) is 5.07. The number of carbonyl (C=O) groups is 1. The molecule has 32 heavy (non-hydrogen) atoms. The van der Waals surface area contributed by atoms with Crippen molar-refractivity contribution in [2.45, 2.75) is 24.8 Å². The number of rotatable bonds is 5. The maximum absolute atomic E-state index is 14.5. The van der Waals surface area contributed by atoms with Gasteiger partial charge in [-0.25, -0.2) is 17.5 Å². The van der Waals surface area contributed by atoms with Gasteiger partial charge in [-0.1, -0.05) is 23.2 Å². The van der Waals surface area contributed by atoms with Gasteiger partial charge in [-0.2, -0.15) is 9.40 Å². The molecule has 1 N–H and O–H groups in total. The molecule has 3 rings (SSSR count). The first-order chi connectivity index (χ1) is 15.0. The van der Waals surface area contributed by atoms with Crippen LogP contribution < -0.4 is 10.9 Å². The lowest BCUT2D eigenvalue weighted by Gasteiger charge is -2.22. The highest BCUT2D eigenvalue weighted by molar-refractivity contribution is 7.89. The second kappa shape index (κ2) is 9.84. The van der Waals surface area contributed by atoms with E-state index in [2.05, 4.69) is 10.4 Å². The molecule has 0 spiro atoms. The Morgan fingerprint density at radius 2 is 1.94 bits per heavy atom. The molecule has 174 valence electrons. The molecular weight excluding hydrogens is 484 g/mol. The number of carbonyl (C=O) groups excluding carboxylic acids is 1. The maximum Gasteiger partial charge on any atom is 0.287 e. The average Bonchev–Trinajstić information content (AvgIpc) is 2.95. The molecule has 0 radical (unpaired) electrons. The third-order valence-corrected chi connectivity index (χ3v) is 7.86. The minimum atomic E-state index is -3.90. The summed E-state index contributed by atoms with van der Waals surface area (Å²) in [6.45, 7) is 2.93. The van der Waals surface area contributed by atoms with Crippen LogP contribution in [0.15, 0.2) is 28.0 Å². The van der Waals surface area contributed by atoms with E-state index in [9.17, 15) is 22.4 Å². The van der Waals surface area contributed by atoms with Gasteiger partial charge in [0.2, 0.25) is 15.9 Å². The van der Waals surface area contributed by atoms with Gasteiger partial charge >= 0.3 is 0 Å². The largest absolute Gasteiger partial charge is 0.322 e. The standard InChI is InChI=1S/C19H22Cl2FN5O4S/c1-12-8-14(22)15(24-17(28)11-27-19(29)18(21)13(20)10-23-27)9-16(12)32(30,31)26-5-3-4-25(2)6-7-26/h8-10H,3-7,11H2,1-2H3,(H,24,28). The van der Waals surface area contributed by atoms with Crippen molar-refractivity contribution >= 4 is 44.8 Å². The second-order valence-corrected chi connectivity index (χ2v) is 10.2. The molecule has 0 bridgehead atoms. The summed E-state index contributed by atoms with van der Waals surface area (Å²) in [5.41, 5.74) is -0.882. The lowest BCUT2D eigenvalue weighted by Crippen LogP contribution is -2.35. The predicted molar refractivity (Wildman–Crippen MR) is 119 cm³/mol. The molecule has 1 aliphatic rings. The van der Waals surface area contributed by atoms with Crippen molar-refractivity contribution in [3.8, 4) is 0 Å². The summed E-state index contributed by atoms with van der Waals surface area (Å²) >= 11 is 11.5. The Kier molecular flexibility index (Phi) is 7.56. The van der Waals surface area contributed by atoms with Gasteiger partial charge in [-0.05, 0) is 44.6 Å². The number of aromatic nitrogens is 2. The van der Waals surface area contributed by atoms with Gasteiger partial charge in [0.05, 0.1) is 21.8 Å². The smallest absolute Gasteiger partial charge is 0.287 e. The van der Waals surface area contributed by atoms with Gasteiger partial charge in [0.1, 0.15) is 17.4 Å². The van der Waals surface area contributed by atoms with Crippen LogP contribution in [0.4, 0.5) is 10.1 Å². The molecule has 1 aromatic heterocycles. The SMILES string of the molecule is Cc1cc(F)c(NC(=O)Cn2ncc(Cl)c(Cl)c2=O)cc1S(=O)(=O)N1CCCN(C)CC1. The van der Waals surface area contributed by atoms with E-state index in [1.54, 1.807) is 0 Å². The fraction of sp³-hybridized carbons (Fsp3) is 0.421. The van der Waals surface area contributed by atoms with Crippen LogP contribution in [0.1, 0.15) is 12.0 Å². The number of nitrogens with zero attached hydrogens (tertiary/aromatic N) is 4. The quantitative estimate of drug-likeness (QED) is 0.665. The molecule has 0 saturated carbocycles. The average molecular weight is 506 g/mol. The monoisotopic (exact) mass is 505 g/mol. The van der Waals surface area contributed by atoms with Crippen molar-refractivity contribution in [1.82, 2.24) is 19.0 Å². The summed E-state index contributed by atoms with van der Waals surface area (Å²) in [6, 6.07) is 2.15. The van der Waals surface area contributed by atoms with Crippen molar-refractivity contribution in [3.05, 3.63) is 50.1 Å². The predicted octanol–water partition coefficient (Wildman–Crippen LogP) is 1.96. The molecule has 1 saturated heterocycles. The summed E-state index contributed by atoms with van der Waals surface area (Å²) < 4.78 is 43.1. The van der Waals surface area contributed by atoms with Gasteiger partial charge in [-0.15, -0.1) is 0 Å². The molecule has 13 heteroatoms. The molecule has 2 aromatic rings. The van der Waals surface area contributed by atoms with Crippen LogP contribution in [0.25, 0.3) is 0 Å². The van der Waals surface area contributed by atoms with Gasteiger partial charge in [0.25, 0.3) is 5.56 Å². The van der Waals surface area contributed by atoms with Gasteiger partial charge in [0, 0.05) is 19.6 Å². The first kappa shape index (κ1) is 24.6. The van der Waals surface area contributed by atoms with Gasteiger partial charge in [0.15, 0.2) is 0 Å². The minimum Gasteiger partial charge on any atom is -0.322 e. The number of benzene rings is 1. The molecule has 2 heterocycles. The fourth-order valence-corrected chi connectivity index (χ4v) is 5.29. The molecule has 1 amide bonds. The van der Waals surface area contributed by atoms with Crippen LogP contribution in [0.5, 0.6) is 0 Å². The summed E-state index contributed by atoms with van der Waals surface area (Å²) in [6.07, 6.45) is 1.78. The van der Waals surface area contributed by atoms with Crippen molar-refractivity contribution < 1.29 is 17.6 Å². The Morgan fingerprint density at radius 1 is 1.22 bits per heavy atom. The highest BCUT2D eigenvalue weighted by Gasteiger charge is 2.29. The van der Waals surface area contributed by atoms with Crippen LogP contribution in [0.3, 0.4) is 0 Å². The molecule has 0 aliphatic carbocycles. The van der Waals surface area contributed by atoms with E-state index < -0.39 is 33.9 Å². The molecule has 1 aromatic carbocycles. The van der Waals surface area contributed by atoms with Crippen LogP contribution in [0.2, 0.25) is 10.0 Å². The van der Waals surface area contributed by atoms with E-state index in [-0.39, 0.29) is 26.2 Å². The highest BCUT2D eigenvalue weighted by Crippen LogP contribution is 2.27. The summed E-state index contributed by atoms with van der Waals surface area (Å²) in [7, 11) is -1.98. The Hall–Kier alpha value is -2.05. The maximum atomic E-state index is 14.5. The molecule has 1 fully saturated rings. The van der Waals surface area contributed by atoms with Crippen molar-refractivity contribution in [3.63, 3.8) is 0 Å². The van der Waals surface area contributed by atoms with Gasteiger partial charge in [-0.3, -0.25) is 9.59 Å². The summed E-state index contributed by atoms with van der Waals surface area (Å²) in [5.74, 6) is -1.60. The lowest BCUT2D eigenvalue weighted by atomic mass is 10.2. The highest BCUT2D eigenvalue weighted by atomic mass is 35.5. The van der Waals surface area contributed by atoms with Crippen LogP contribution in [0, 0.1) is 12.7 Å². The molecular formula is C19H22Cl2FN5O4S. The number of nitrogens with one attached hydrogen (secondary N) is 1. The number of anilines is 1. The number of sulfonamides is 1. The van der Waals surface area contributed by atoms with Crippen molar-refractivity contribution in [2.75, 3.05) is 38.5 Å². The molecule has 0 unspecified atom stereocenters. The van der Waals surface area contributed by atoms with Gasteiger partial charge < -0.3 is 10.2 Å². The van der Waals surface area contributed by atoms with E-state index >= 15 is 0 Å². The number of aryl methyl sites for hydroxylation is 1. The van der Waals surface area contributed by atoms with Crippen molar-refractivity contribution in [2.24, 2.45) is 0 Å². The Bertz CT molecular complexity index is 1200. The number of hydrogen-bond donors (Lipinski definition) is 1. The zero-order valence-corrected chi connectivity index (χ0v) is 19.8. The van der Waals surface area contributed by atoms with E-state index in [4.69, 9.17) is 23.2 Å². The second-order valence-electron chi connectivity index (χ2n) is 7.48. The van der Waals surface area contributed by atoms with E-state index in [0.29, 0.717) is 26.1 Å². The summed E-state index contributed by atoms with van der Waals surface area (Å²) in [5, 5.41) is 5.66. The lowest BCUT2D eigenvalue weighted by molar-refractivity contribution is -0.117. The molecule has 0 atom stereocenters. The first-order valence-electron chi connectivity index (χ1n) is 9.70. The minimum absolute atomic E-state index is 0.0625. The fourth-order valence-electron chi connectivity index (χ4n) is 3.31. The van der Waals surface area contributed by atoms with Crippen LogP contribution in [-0.4, -0.2) is 66.5 Å². The van der Waals surface area contributed by atoms with Crippen LogP contribution in [-0.2, 0) is 21.4 Å². The third kappa shape index (κ3) is 5.29. The zero-order chi connectivity index (χ0) is 23.6. The van der Waals surface area contributed by atoms with Crippen molar-refractivity contribution in [1.29, 1.82) is 0 Å². The summed E-state index contributed by atoms with van der Waals surface area (Å²) in [4.78, 5) is 26.4. The Morgan fingerprint density at radius 3 is 2.66 bits per heavy atom. The first-order valence-corrected chi connectivity index (χ1v) is 11.9. The number of likely N-dealkylation sites (N-methyl/N-ethyl adjacent to an activating group) is 1. The molecule has 1 aliphatic heterocycles. The van der Waals surface area contributed by atoms with E-state index in [1.165, 1.54) is 11.2 Å². The van der Waals surface area contributed by atoms with E-state index in [0.717, 1.165) is 29.6 Å².